The molecule has 1 aliphatic heterocycles. The van der Waals surface area contributed by atoms with E-state index in [1.54, 1.807) is 12.1 Å². The van der Waals surface area contributed by atoms with E-state index in [-0.39, 0.29) is 17.3 Å². The summed E-state index contributed by atoms with van der Waals surface area (Å²) in [7, 11) is 0. The van der Waals surface area contributed by atoms with Crippen LogP contribution in [-0.2, 0) is 5.41 Å². The average molecular weight is 246 g/mol. The third-order valence-electron chi connectivity index (χ3n) is 3.80. The largest absolute Gasteiger partial charge is 0.504 e. The lowest BCUT2D eigenvalue weighted by atomic mass is 9.81. The molecule has 0 amide bonds. The second-order valence-corrected chi connectivity index (χ2v) is 5.25. The van der Waals surface area contributed by atoms with E-state index in [2.05, 4.69) is 0 Å². The molecule has 3 rings (SSSR count). The number of fused-ring (bicyclic) bond motifs is 3. The van der Waals surface area contributed by atoms with Gasteiger partial charge in [-0.1, -0.05) is 13.8 Å². The van der Waals surface area contributed by atoms with Gasteiger partial charge in [0.15, 0.2) is 11.5 Å². The lowest BCUT2D eigenvalue weighted by molar-refractivity contribution is 0.181. The molecule has 1 aromatic heterocycles. The van der Waals surface area contributed by atoms with Gasteiger partial charge in [0, 0.05) is 16.9 Å². The summed E-state index contributed by atoms with van der Waals surface area (Å²) in [5, 5.41) is 10.7. The summed E-state index contributed by atoms with van der Waals surface area (Å²) >= 11 is 0. The van der Waals surface area contributed by atoms with Gasteiger partial charge >= 0.3 is 5.63 Å². The van der Waals surface area contributed by atoms with Gasteiger partial charge in [-0.05, 0) is 19.1 Å². The molecule has 1 N–H and O–H groups in total. The van der Waals surface area contributed by atoms with Crippen LogP contribution in [0.1, 0.15) is 26.3 Å². The van der Waals surface area contributed by atoms with E-state index in [1.165, 1.54) is 6.07 Å². The van der Waals surface area contributed by atoms with Gasteiger partial charge in [-0.3, -0.25) is 0 Å². The van der Waals surface area contributed by atoms with Crippen molar-refractivity contribution in [1.82, 2.24) is 0 Å². The van der Waals surface area contributed by atoms with E-state index >= 15 is 0 Å². The van der Waals surface area contributed by atoms with Crippen LogP contribution in [0.4, 0.5) is 0 Å². The van der Waals surface area contributed by atoms with Crippen molar-refractivity contribution in [2.24, 2.45) is 0 Å². The maximum atomic E-state index is 11.4. The number of hydrogen-bond donors (Lipinski definition) is 1. The minimum Gasteiger partial charge on any atom is -0.504 e. The Balaban J connectivity index is 2.49. The predicted molar refractivity (Wildman–Crippen MR) is 67.3 cm³/mol. The number of hydrogen-bond acceptors (Lipinski definition) is 4. The minimum absolute atomic E-state index is 0.0868. The summed E-state index contributed by atoms with van der Waals surface area (Å²) in [5.74, 6) is 0.512. The lowest BCUT2D eigenvalue weighted by Crippen LogP contribution is -2.29. The Morgan fingerprint density at radius 3 is 2.78 bits per heavy atom. The zero-order valence-electron chi connectivity index (χ0n) is 10.5. The Kier molecular flexibility index (Phi) is 2.03. The molecule has 0 unspecified atom stereocenters. The summed E-state index contributed by atoms with van der Waals surface area (Å²) in [6.07, 6.45) is -0.0884. The molecule has 94 valence electrons. The third kappa shape index (κ3) is 1.29. The van der Waals surface area contributed by atoms with Gasteiger partial charge in [0.05, 0.1) is 5.56 Å². The van der Waals surface area contributed by atoms with Gasteiger partial charge in [-0.2, -0.15) is 0 Å². The highest BCUT2D eigenvalue weighted by molar-refractivity contribution is 5.86. The van der Waals surface area contributed by atoms with Crippen LogP contribution in [-0.4, -0.2) is 11.2 Å². The van der Waals surface area contributed by atoms with Crippen LogP contribution in [0, 0.1) is 0 Å². The van der Waals surface area contributed by atoms with Crippen LogP contribution < -0.4 is 10.4 Å². The number of phenolic OH excluding ortho intramolecular Hbond substituents is 1. The molecule has 0 aliphatic carbocycles. The molecule has 18 heavy (non-hydrogen) atoms. The number of aromatic hydroxyl groups is 1. The summed E-state index contributed by atoms with van der Waals surface area (Å²) in [4.78, 5) is 11.4. The van der Waals surface area contributed by atoms with Gasteiger partial charge in [-0.25, -0.2) is 4.79 Å². The molecule has 2 aromatic rings. The molecule has 4 heteroatoms. The van der Waals surface area contributed by atoms with Crippen molar-refractivity contribution >= 4 is 11.0 Å². The Hall–Kier alpha value is -1.97. The van der Waals surface area contributed by atoms with Crippen molar-refractivity contribution in [2.75, 3.05) is 0 Å². The minimum atomic E-state index is -0.397. The standard InChI is InChI=1S/C14H14O4/c1-7-14(2,3)11-12-8(4-5-10(16)18-12)6-9(15)13(11)17-7/h4-7,15H,1-3H3/t7-/m0/s1. The summed E-state index contributed by atoms with van der Waals surface area (Å²) in [5.41, 5.74) is 0.557. The quantitative estimate of drug-likeness (QED) is 0.726. The molecule has 0 saturated heterocycles. The first-order valence-electron chi connectivity index (χ1n) is 5.88. The lowest BCUT2D eigenvalue weighted by Gasteiger charge is -2.22. The molecular weight excluding hydrogens is 232 g/mol. The van der Waals surface area contributed by atoms with E-state index in [9.17, 15) is 9.90 Å². The van der Waals surface area contributed by atoms with E-state index in [0.717, 1.165) is 5.56 Å². The highest BCUT2D eigenvalue weighted by atomic mass is 16.5. The maximum Gasteiger partial charge on any atom is 0.336 e. The fourth-order valence-electron chi connectivity index (χ4n) is 2.41. The second kappa shape index (κ2) is 3.28. The highest BCUT2D eigenvalue weighted by Crippen LogP contribution is 2.50. The Morgan fingerprint density at radius 2 is 2.06 bits per heavy atom. The fourth-order valence-corrected chi connectivity index (χ4v) is 2.41. The Morgan fingerprint density at radius 1 is 1.33 bits per heavy atom. The number of ether oxygens (including phenoxy) is 1. The monoisotopic (exact) mass is 246 g/mol. The molecule has 0 bridgehead atoms. The summed E-state index contributed by atoms with van der Waals surface area (Å²) in [6.45, 7) is 5.96. The van der Waals surface area contributed by atoms with Gasteiger partial charge in [0.1, 0.15) is 11.7 Å². The van der Waals surface area contributed by atoms with Gasteiger partial charge in [0.2, 0.25) is 0 Å². The van der Waals surface area contributed by atoms with Crippen molar-refractivity contribution in [3.05, 3.63) is 34.2 Å². The molecule has 0 fully saturated rings. The van der Waals surface area contributed by atoms with Crippen molar-refractivity contribution in [1.29, 1.82) is 0 Å². The summed E-state index contributed by atoms with van der Waals surface area (Å²) < 4.78 is 11.0. The molecule has 1 aliphatic rings. The molecule has 0 spiro atoms. The molecule has 4 nitrogen and oxygen atoms in total. The SMILES string of the molecule is C[C@@H]1Oc2c(O)cc3ccc(=O)oc3c2C1(C)C. The zero-order valence-corrected chi connectivity index (χ0v) is 10.5. The summed E-state index contributed by atoms with van der Waals surface area (Å²) in [6, 6.07) is 4.56. The van der Waals surface area contributed by atoms with Crippen molar-refractivity contribution in [3.63, 3.8) is 0 Å². The molecule has 1 aromatic carbocycles. The average Bonchev–Trinajstić information content (AvgIpc) is 2.53. The van der Waals surface area contributed by atoms with Gasteiger partial charge < -0.3 is 14.3 Å². The van der Waals surface area contributed by atoms with Crippen molar-refractivity contribution in [3.8, 4) is 11.5 Å². The van der Waals surface area contributed by atoms with E-state index in [4.69, 9.17) is 9.15 Å². The third-order valence-corrected chi connectivity index (χ3v) is 3.80. The second-order valence-electron chi connectivity index (χ2n) is 5.25. The van der Waals surface area contributed by atoms with E-state index in [1.807, 2.05) is 20.8 Å². The molecular formula is C14H14O4. The molecule has 0 radical (unpaired) electrons. The number of benzene rings is 1. The topological polar surface area (TPSA) is 59.7 Å². The van der Waals surface area contributed by atoms with Crippen LogP contribution >= 0.6 is 0 Å². The normalized spacial score (nSPS) is 20.7. The highest BCUT2D eigenvalue weighted by Gasteiger charge is 2.42. The molecule has 0 saturated carbocycles. The first kappa shape index (κ1) is 11.1. The first-order chi connectivity index (χ1) is 8.41. The predicted octanol–water partition coefficient (Wildman–Crippen LogP) is 2.56. The maximum absolute atomic E-state index is 11.4. The van der Waals surface area contributed by atoms with Crippen LogP contribution in [0.15, 0.2) is 27.4 Å². The van der Waals surface area contributed by atoms with Crippen LogP contribution in [0.3, 0.4) is 0 Å². The Labute approximate surface area is 104 Å². The smallest absolute Gasteiger partial charge is 0.336 e. The van der Waals surface area contributed by atoms with Gasteiger partial charge in [0.25, 0.3) is 0 Å². The van der Waals surface area contributed by atoms with Crippen molar-refractivity contribution < 1.29 is 14.3 Å². The van der Waals surface area contributed by atoms with E-state index < -0.39 is 5.63 Å². The number of rotatable bonds is 0. The first-order valence-corrected chi connectivity index (χ1v) is 5.88. The number of phenols is 1. The molecule has 2 heterocycles. The fraction of sp³-hybridized carbons (Fsp3) is 0.357. The van der Waals surface area contributed by atoms with Crippen LogP contribution in [0.25, 0.3) is 11.0 Å². The van der Waals surface area contributed by atoms with Gasteiger partial charge in [-0.15, -0.1) is 0 Å². The Bertz CT molecular complexity index is 697. The van der Waals surface area contributed by atoms with Crippen molar-refractivity contribution in [2.45, 2.75) is 32.3 Å². The molecule has 1 atom stereocenters. The van der Waals surface area contributed by atoms with Crippen LogP contribution in [0.2, 0.25) is 0 Å². The zero-order chi connectivity index (χ0) is 13.1. The van der Waals surface area contributed by atoms with Crippen LogP contribution in [0.5, 0.6) is 11.5 Å². The van der Waals surface area contributed by atoms with E-state index in [0.29, 0.717) is 16.7 Å².